The molecule has 0 spiro atoms. The van der Waals surface area contributed by atoms with Crippen LogP contribution in [-0.2, 0) is 0 Å². The molecular weight excluding hydrogens is 324 g/mol. The molecule has 7 nitrogen and oxygen atoms in total. The maximum absolute atomic E-state index is 12.3. The van der Waals surface area contributed by atoms with Gasteiger partial charge in [0, 0.05) is 5.56 Å². The van der Waals surface area contributed by atoms with Gasteiger partial charge in [0.1, 0.15) is 5.76 Å². The number of nitrogens with zero attached hydrogens (tertiary/aromatic N) is 1. The summed E-state index contributed by atoms with van der Waals surface area (Å²) in [6.07, 6.45) is 4.91. The molecule has 0 aliphatic rings. The lowest BCUT2D eigenvalue weighted by Crippen LogP contribution is -2.18. The van der Waals surface area contributed by atoms with E-state index in [0.717, 1.165) is 5.57 Å². The first-order chi connectivity index (χ1) is 12.1. The third-order valence-electron chi connectivity index (χ3n) is 3.27. The van der Waals surface area contributed by atoms with E-state index < -0.39 is 5.91 Å². The number of allylic oxidation sites excluding steroid dienone is 1. The van der Waals surface area contributed by atoms with Gasteiger partial charge in [0.25, 0.3) is 5.91 Å². The van der Waals surface area contributed by atoms with E-state index in [0.29, 0.717) is 28.6 Å². The fraction of sp³-hybridized carbons (Fsp3) is 0.222. The number of furan rings is 1. The third kappa shape index (κ3) is 4.63. The zero-order chi connectivity index (χ0) is 18.2. The molecule has 1 heterocycles. The number of hydrazone groups is 1. The standard InChI is InChI=1S/C18H20N2O5/c1-12(8-14-6-5-7-25-14)11-19-20-18(21)13-9-15(22-2)17(24-4)16(10-13)23-3/h5-11H,1-4H3,(H,20,21)/b12-8+,19-11+. The molecule has 0 fully saturated rings. The average molecular weight is 344 g/mol. The van der Waals surface area contributed by atoms with Gasteiger partial charge in [-0.1, -0.05) is 0 Å². The summed E-state index contributed by atoms with van der Waals surface area (Å²) in [6, 6.07) is 6.73. The lowest BCUT2D eigenvalue weighted by molar-refractivity contribution is 0.0954. The lowest BCUT2D eigenvalue weighted by atomic mass is 10.1. The summed E-state index contributed by atoms with van der Waals surface area (Å²) in [6.45, 7) is 1.84. The Hall–Kier alpha value is -3.22. The number of amides is 1. The molecule has 1 N–H and O–H groups in total. The predicted octanol–water partition coefficient (Wildman–Crippen LogP) is 3.12. The number of carbonyl (C=O) groups is 1. The van der Waals surface area contributed by atoms with Crippen molar-refractivity contribution in [1.82, 2.24) is 5.43 Å². The summed E-state index contributed by atoms with van der Waals surface area (Å²) in [5, 5.41) is 3.93. The van der Waals surface area contributed by atoms with Crippen molar-refractivity contribution in [2.24, 2.45) is 5.10 Å². The summed E-state index contributed by atoms with van der Waals surface area (Å²) in [7, 11) is 4.47. The zero-order valence-corrected chi connectivity index (χ0v) is 14.5. The molecule has 0 bridgehead atoms. The number of nitrogens with one attached hydrogen (secondary N) is 1. The van der Waals surface area contributed by atoms with Gasteiger partial charge in [0.05, 0.1) is 33.8 Å². The lowest BCUT2D eigenvalue weighted by Gasteiger charge is -2.13. The van der Waals surface area contributed by atoms with Gasteiger partial charge in [-0.2, -0.15) is 5.10 Å². The molecule has 2 aromatic rings. The first-order valence-corrected chi connectivity index (χ1v) is 7.44. The van der Waals surface area contributed by atoms with Crippen LogP contribution in [0, 0.1) is 0 Å². The number of methoxy groups -OCH3 is 3. The molecule has 0 saturated heterocycles. The van der Waals surface area contributed by atoms with Crippen LogP contribution in [0.3, 0.4) is 0 Å². The van der Waals surface area contributed by atoms with Gasteiger partial charge >= 0.3 is 0 Å². The van der Waals surface area contributed by atoms with Crippen LogP contribution in [0.25, 0.3) is 6.08 Å². The van der Waals surface area contributed by atoms with E-state index in [4.69, 9.17) is 18.6 Å². The number of hydrogen-bond donors (Lipinski definition) is 1. The van der Waals surface area contributed by atoms with E-state index in [2.05, 4.69) is 10.5 Å². The Labute approximate surface area is 145 Å². The van der Waals surface area contributed by atoms with Gasteiger partial charge in [0.15, 0.2) is 11.5 Å². The summed E-state index contributed by atoms with van der Waals surface area (Å²) in [4.78, 5) is 12.3. The third-order valence-corrected chi connectivity index (χ3v) is 3.27. The molecular formula is C18H20N2O5. The number of hydrogen-bond acceptors (Lipinski definition) is 6. The fourth-order valence-electron chi connectivity index (χ4n) is 2.10. The molecule has 1 aromatic carbocycles. The highest BCUT2D eigenvalue weighted by Gasteiger charge is 2.16. The Balaban J connectivity index is 2.11. The number of ether oxygens (including phenoxy) is 3. The first-order valence-electron chi connectivity index (χ1n) is 7.44. The second kappa shape index (κ2) is 8.58. The predicted molar refractivity (Wildman–Crippen MR) is 94.4 cm³/mol. The highest BCUT2D eigenvalue weighted by molar-refractivity contribution is 5.96. The van der Waals surface area contributed by atoms with E-state index in [1.165, 1.54) is 27.5 Å². The van der Waals surface area contributed by atoms with Crippen LogP contribution >= 0.6 is 0 Å². The highest BCUT2D eigenvalue weighted by Crippen LogP contribution is 2.38. The number of carbonyl (C=O) groups excluding carboxylic acids is 1. The van der Waals surface area contributed by atoms with Crippen molar-refractivity contribution in [2.75, 3.05) is 21.3 Å². The van der Waals surface area contributed by atoms with Crippen LogP contribution in [0.1, 0.15) is 23.0 Å². The summed E-state index contributed by atoms with van der Waals surface area (Å²) >= 11 is 0. The Kier molecular flexibility index (Phi) is 6.22. The van der Waals surface area contributed by atoms with Crippen molar-refractivity contribution in [3.63, 3.8) is 0 Å². The largest absolute Gasteiger partial charge is 0.493 e. The van der Waals surface area contributed by atoms with Crippen LogP contribution in [-0.4, -0.2) is 33.5 Å². The highest BCUT2D eigenvalue weighted by atomic mass is 16.5. The Morgan fingerprint density at radius 3 is 2.36 bits per heavy atom. The van der Waals surface area contributed by atoms with Crippen molar-refractivity contribution in [1.29, 1.82) is 0 Å². The zero-order valence-electron chi connectivity index (χ0n) is 14.5. The van der Waals surface area contributed by atoms with Gasteiger partial charge in [0.2, 0.25) is 5.75 Å². The molecule has 2 rings (SSSR count). The van der Waals surface area contributed by atoms with Gasteiger partial charge in [-0.15, -0.1) is 0 Å². The van der Waals surface area contributed by atoms with Crippen molar-refractivity contribution in [3.05, 3.63) is 47.4 Å². The molecule has 0 unspecified atom stereocenters. The Morgan fingerprint density at radius 2 is 1.84 bits per heavy atom. The van der Waals surface area contributed by atoms with Crippen LogP contribution in [0.15, 0.2) is 45.6 Å². The second-order valence-corrected chi connectivity index (χ2v) is 5.02. The minimum atomic E-state index is -0.402. The number of rotatable bonds is 7. The van der Waals surface area contributed by atoms with Gasteiger partial charge in [-0.05, 0) is 42.8 Å². The molecule has 1 aromatic heterocycles. The molecule has 1 amide bonds. The van der Waals surface area contributed by atoms with Crippen LogP contribution in [0.5, 0.6) is 17.2 Å². The molecule has 0 radical (unpaired) electrons. The SMILES string of the molecule is COc1cc(C(=O)N/N=C/C(C)=C/c2ccco2)cc(OC)c1OC. The van der Waals surface area contributed by atoms with E-state index in [9.17, 15) is 4.79 Å². The second-order valence-electron chi connectivity index (χ2n) is 5.02. The van der Waals surface area contributed by atoms with Gasteiger partial charge < -0.3 is 18.6 Å². The fourth-order valence-corrected chi connectivity index (χ4v) is 2.10. The topological polar surface area (TPSA) is 82.3 Å². The number of benzene rings is 1. The Bertz CT molecular complexity index is 754. The van der Waals surface area contributed by atoms with Crippen LogP contribution in [0.4, 0.5) is 0 Å². The van der Waals surface area contributed by atoms with Gasteiger partial charge in [-0.25, -0.2) is 5.43 Å². The van der Waals surface area contributed by atoms with E-state index in [1.807, 2.05) is 13.0 Å². The quantitative estimate of drug-likeness (QED) is 0.616. The summed E-state index contributed by atoms with van der Waals surface area (Å²) in [5.74, 6) is 1.51. The Morgan fingerprint density at radius 1 is 1.16 bits per heavy atom. The van der Waals surface area contributed by atoms with Gasteiger partial charge in [-0.3, -0.25) is 4.79 Å². The van der Waals surface area contributed by atoms with Crippen molar-refractivity contribution < 1.29 is 23.4 Å². The van der Waals surface area contributed by atoms with Crippen LogP contribution < -0.4 is 19.6 Å². The molecule has 0 aliphatic carbocycles. The maximum atomic E-state index is 12.3. The molecule has 0 atom stereocenters. The minimum absolute atomic E-state index is 0.333. The minimum Gasteiger partial charge on any atom is -0.493 e. The maximum Gasteiger partial charge on any atom is 0.271 e. The van der Waals surface area contributed by atoms with E-state index >= 15 is 0 Å². The van der Waals surface area contributed by atoms with E-state index in [1.54, 1.807) is 30.5 Å². The monoisotopic (exact) mass is 344 g/mol. The summed E-state index contributed by atoms with van der Waals surface area (Å²) < 4.78 is 20.9. The smallest absolute Gasteiger partial charge is 0.271 e. The average Bonchev–Trinajstić information content (AvgIpc) is 3.12. The molecule has 0 saturated carbocycles. The molecule has 0 aliphatic heterocycles. The first kappa shape index (κ1) is 18.1. The van der Waals surface area contributed by atoms with E-state index in [-0.39, 0.29) is 0 Å². The molecule has 25 heavy (non-hydrogen) atoms. The summed E-state index contributed by atoms with van der Waals surface area (Å²) in [5.41, 5.74) is 3.61. The van der Waals surface area contributed by atoms with Crippen molar-refractivity contribution in [3.8, 4) is 17.2 Å². The molecule has 7 heteroatoms. The normalized spacial score (nSPS) is 11.4. The molecule has 132 valence electrons. The van der Waals surface area contributed by atoms with Crippen molar-refractivity contribution >= 4 is 18.2 Å². The van der Waals surface area contributed by atoms with Crippen LogP contribution in [0.2, 0.25) is 0 Å². The van der Waals surface area contributed by atoms with Crippen molar-refractivity contribution in [2.45, 2.75) is 6.92 Å².